The van der Waals surface area contributed by atoms with Gasteiger partial charge in [0.1, 0.15) is 12.2 Å². The lowest BCUT2D eigenvalue weighted by Gasteiger charge is -2.12. The Hall–Kier alpha value is -1.68. The predicted octanol–water partition coefficient (Wildman–Crippen LogP) is 2.13. The molecule has 4 nitrogen and oxygen atoms in total. The van der Waals surface area contributed by atoms with Gasteiger partial charge in [-0.2, -0.15) is 5.10 Å². The van der Waals surface area contributed by atoms with E-state index in [0.29, 0.717) is 5.92 Å². The molecule has 4 heteroatoms. The molecule has 0 fully saturated rings. The van der Waals surface area contributed by atoms with Gasteiger partial charge in [0.05, 0.1) is 0 Å². The minimum atomic E-state index is 0.601. The van der Waals surface area contributed by atoms with Crippen molar-refractivity contribution < 1.29 is 0 Å². The smallest absolute Gasteiger partial charge is 0.137 e. The summed E-state index contributed by atoms with van der Waals surface area (Å²) in [5.74, 6) is 1.54. The first-order chi connectivity index (χ1) is 8.86. The highest BCUT2D eigenvalue weighted by Gasteiger charge is 2.03. The quantitative estimate of drug-likeness (QED) is 0.734. The van der Waals surface area contributed by atoms with Crippen molar-refractivity contribution in [3.05, 3.63) is 48.0 Å². The molecule has 0 aliphatic rings. The molecule has 0 aliphatic heterocycles. The number of nitrogens with one attached hydrogen (secondary N) is 2. The molecule has 2 aromatic rings. The van der Waals surface area contributed by atoms with Gasteiger partial charge in [-0.05, 0) is 24.4 Å². The maximum Gasteiger partial charge on any atom is 0.137 e. The number of hydrogen-bond donors (Lipinski definition) is 2. The second-order valence-electron chi connectivity index (χ2n) is 4.53. The zero-order valence-corrected chi connectivity index (χ0v) is 10.8. The van der Waals surface area contributed by atoms with Crippen LogP contribution in [0, 0.1) is 0 Å². The minimum absolute atomic E-state index is 0.601. The van der Waals surface area contributed by atoms with Crippen LogP contribution < -0.4 is 5.32 Å². The Morgan fingerprint density at radius 2 is 2.06 bits per heavy atom. The van der Waals surface area contributed by atoms with Crippen LogP contribution >= 0.6 is 0 Å². The average Bonchev–Trinajstić information content (AvgIpc) is 2.92. The van der Waals surface area contributed by atoms with E-state index in [2.05, 4.69) is 57.8 Å². The second kappa shape index (κ2) is 6.91. The van der Waals surface area contributed by atoms with Crippen LogP contribution in [-0.2, 0) is 6.42 Å². The van der Waals surface area contributed by atoms with E-state index in [1.54, 1.807) is 6.33 Å². The number of H-pyrrole nitrogens is 1. The van der Waals surface area contributed by atoms with E-state index >= 15 is 0 Å². The van der Waals surface area contributed by atoms with Gasteiger partial charge in [-0.3, -0.25) is 5.10 Å². The average molecular weight is 244 g/mol. The van der Waals surface area contributed by atoms with Crippen LogP contribution in [0.15, 0.2) is 36.7 Å². The normalized spacial score (nSPS) is 12.5. The molecule has 1 aromatic heterocycles. The van der Waals surface area contributed by atoms with E-state index < -0.39 is 0 Å². The first kappa shape index (κ1) is 12.8. The van der Waals surface area contributed by atoms with Crippen LogP contribution in [0.1, 0.15) is 30.7 Å². The summed E-state index contributed by atoms with van der Waals surface area (Å²) in [4.78, 5) is 4.09. The molecule has 0 radical (unpaired) electrons. The number of hydrogen-bond acceptors (Lipinski definition) is 3. The Labute approximate surface area is 108 Å². The molecule has 18 heavy (non-hydrogen) atoms. The van der Waals surface area contributed by atoms with Crippen molar-refractivity contribution in [2.75, 3.05) is 13.1 Å². The molecular weight excluding hydrogens is 224 g/mol. The van der Waals surface area contributed by atoms with Crippen molar-refractivity contribution in [1.82, 2.24) is 20.5 Å². The highest BCUT2D eigenvalue weighted by molar-refractivity contribution is 5.18. The van der Waals surface area contributed by atoms with E-state index in [-0.39, 0.29) is 0 Å². The largest absolute Gasteiger partial charge is 0.316 e. The summed E-state index contributed by atoms with van der Waals surface area (Å²) in [6.45, 7) is 4.24. The number of benzene rings is 1. The van der Waals surface area contributed by atoms with Crippen molar-refractivity contribution in [2.45, 2.75) is 25.7 Å². The van der Waals surface area contributed by atoms with Gasteiger partial charge in [0.25, 0.3) is 0 Å². The third-order valence-corrected chi connectivity index (χ3v) is 3.13. The molecule has 0 saturated heterocycles. The Bertz CT molecular complexity index is 424. The molecule has 2 N–H and O–H groups in total. The summed E-state index contributed by atoms with van der Waals surface area (Å²) in [5.41, 5.74) is 1.41. The first-order valence-corrected chi connectivity index (χ1v) is 6.46. The maximum absolute atomic E-state index is 4.09. The summed E-state index contributed by atoms with van der Waals surface area (Å²) in [5, 5.41) is 10.1. The molecule has 1 atom stereocenters. The SMILES string of the molecule is CC(CCNCCc1ncn[nH]1)c1ccccc1. The van der Waals surface area contributed by atoms with Gasteiger partial charge in [-0.25, -0.2) is 4.98 Å². The zero-order valence-electron chi connectivity index (χ0n) is 10.8. The lowest BCUT2D eigenvalue weighted by molar-refractivity contribution is 0.590. The van der Waals surface area contributed by atoms with Gasteiger partial charge >= 0.3 is 0 Å². The maximum atomic E-state index is 4.09. The van der Waals surface area contributed by atoms with E-state index in [4.69, 9.17) is 0 Å². The standard InChI is InChI=1S/C14H20N4/c1-12(13-5-3-2-4-6-13)7-9-15-10-8-14-16-11-17-18-14/h2-6,11-12,15H,7-10H2,1H3,(H,16,17,18). The van der Waals surface area contributed by atoms with Crippen LogP contribution in [0.4, 0.5) is 0 Å². The second-order valence-corrected chi connectivity index (χ2v) is 4.53. The molecule has 1 aromatic carbocycles. The number of nitrogens with zero attached hydrogens (tertiary/aromatic N) is 2. The van der Waals surface area contributed by atoms with Crippen molar-refractivity contribution >= 4 is 0 Å². The van der Waals surface area contributed by atoms with Gasteiger partial charge in [-0.1, -0.05) is 37.3 Å². The van der Waals surface area contributed by atoms with Crippen LogP contribution in [0.3, 0.4) is 0 Å². The summed E-state index contributed by atoms with van der Waals surface area (Å²) >= 11 is 0. The lowest BCUT2D eigenvalue weighted by atomic mass is 9.98. The van der Waals surface area contributed by atoms with Crippen LogP contribution in [0.5, 0.6) is 0 Å². The molecule has 0 bridgehead atoms. The number of rotatable bonds is 7. The van der Waals surface area contributed by atoms with Gasteiger partial charge in [0.2, 0.25) is 0 Å². The molecule has 0 saturated carbocycles. The molecular formula is C14H20N4. The molecule has 2 rings (SSSR count). The van der Waals surface area contributed by atoms with E-state index in [0.717, 1.165) is 31.8 Å². The molecule has 1 unspecified atom stereocenters. The topological polar surface area (TPSA) is 53.6 Å². The molecule has 0 amide bonds. The van der Waals surface area contributed by atoms with Crippen LogP contribution in [0.25, 0.3) is 0 Å². The first-order valence-electron chi connectivity index (χ1n) is 6.46. The Kier molecular flexibility index (Phi) is 4.90. The van der Waals surface area contributed by atoms with Crippen molar-refractivity contribution in [3.8, 4) is 0 Å². The Morgan fingerprint density at radius 1 is 1.22 bits per heavy atom. The fourth-order valence-corrected chi connectivity index (χ4v) is 1.95. The van der Waals surface area contributed by atoms with Crippen molar-refractivity contribution in [2.24, 2.45) is 0 Å². The van der Waals surface area contributed by atoms with Crippen molar-refractivity contribution in [3.63, 3.8) is 0 Å². The molecule has 96 valence electrons. The summed E-state index contributed by atoms with van der Waals surface area (Å²) < 4.78 is 0. The van der Waals surface area contributed by atoms with E-state index in [1.807, 2.05) is 0 Å². The number of aromatic amines is 1. The van der Waals surface area contributed by atoms with E-state index in [9.17, 15) is 0 Å². The van der Waals surface area contributed by atoms with Gasteiger partial charge < -0.3 is 5.32 Å². The zero-order chi connectivity index (χ0) is 12.6. The van der Waals surface area contributed by atoms with Gasteiger partial charge in [0, 0.05) is 13.0 Å². The highest BCUT2D eigenvalue weighted by atomic mass is 15.2. The third kappa shape index (κ3) is 3.96. The van der Waals surface area contributed by atoms with Gasteiger partial charge in [0.15, 0.2) is 0 Å². The van der Waals surface area contributed by atoms with E-state index in [1.165, 1.54) is 5.56 Å². The summed E-state index contributed by atoms with van der Waals surface area (Å²) in [7, 11) is 0. The third-order valence-electron chi connectivity index (χ3n) is 3.13. The van der Waals surface area contributed by atoms with Crippen LogP contribution in [-0.4, -0.2) is 28.3 Å². The monoisotopic (exact) mass is 244 g/mol. The molecule has 1 heterocycles. The highest BCUT2D eigenvalue weighted by Crippen LogP contribution is 2.17. The lowest BCUT2D eigenvalue weighted by Crippen LogP contribution is -2.20. The number of aromatic nitrogens is 3. The van der Waals surface area contributed by atoms with Crippen LogP contribution in [0.2, 0.25) is 0 Å². The predicted molar refractivity (Wildman–Crippen MR) is 72.4 cm³/mol. The fourth-order valence-electron chi connectivity index (χ4n) is 1.95. The minimum Gasteiger partial charge on any atom is -0.316 e. The molecule has 0 aliphatic carbocycles. The summed E-state index contributed by atoms with van der Waals surface area (Å²) in [6.07, 6.45) is 3.60. The molecule has 0 spiro atoms. The summed E-state index contributed by atoms with van der Waals surface area (Å²) in [6, 6.07) is 10.6. The fraction of sp³-hybridized carbons (Fsp3) is 0.429. The Balaban J connectivity index is 1.61. The van der Waals surface area contributed by atoms with Gasteiger partial charge in [-0.15, -0.1) is 0 Å². The Morgan fingerprint density at radius 3 is 2.78 bits per heavy atom. The van der Waals surface area contributed by atoms with Crippen molar-refractivity contribution in [1.29, 1.82) is 0 Å².